The van der Waals surface area contributed by atoms with Gasteiger partial charge in [0.05, 0.1) is 10.6 Å². The van der Waals surface area contributed by atoms with Crippen LogP contribution in [0.5, 0.6) is 5.75 Å². The van der Waals surface area contributed by atoms with Gasteiger partial charge in [0, 0.05) is 5.69 Å². The molecule has 1 N–H and O–H groups in total. The Morgan fingerprint density at radius 3 is 2.11 bits per heavy atom. The highest BCUT2D eigenvalue weighted by molar-refractivity contribution is 6.34. The van der Waals surface area contributed by atoms with Gasteiger partial charge in [-0.25, -0.2) is 13.6 Å². The third-order valence-electron chi connectivity index (χ3n) is 3.61. The van der Waals surface area contributed by atoms with E-state index in [9.17, 15) is 18.4 Å². The minimum Gasteiger partial charge on any atom is -0.423 e. The number of carbonyl (C=O) groups excluding carboxylic acids is 2. The van der Waals surface area contributed by atoms with Gasteiger partial charge < -0.3 is 10.1 Å². The average Bonchev–Trinajstić information content (AvgIpc) is 2.63. The SMILES string of the molecule is O=C(Nc1ccc(OC(=O)c2c(F)cccc2F)cc1)c1ccccc1Cl. The molecule has 1 amide bonds. The van der Waals surface area contributed by atoms with E-state index >= 15 is 0 Å². The highest BCUT2D eigenvalue weighted by Gasteiger charge is 2.19. The molecule has 3 rings (SSSR count). The number of anilines is 1. The molecule has 7 heteroatoms. The van der Waals surface area contributed by atoms with Crippen molar-refractivity contribution < 1.29 is 23.1 Å². The molecule has 136 valence electrons. The van der Waals surface area contributed by atoms with E-state index < -0.39 is 29.1 Å². The summed E-state index contributed by atoms with van der Waals surface area (Å²) in [4.78, 5) is 24.1. The zero-order valence-corrected chi connectivity index (χ0v) is 14.5. The average molecular weight is 388 g/mol. The minimum atomic E-state index is -1.15. The normalized spacial score (nSPS) is 10.3. The van der Waals surface area contributed by atoms with Crippen LogP contribution in [0.3, 0.4) is 0 Å². The van der Waals surface area contributed by atoms with Gasteiger partial charge in [0.25, 0.3) is 5.91 Å². The lowest BCUT2D eigenvalue weighted by Crippen LogP contribution is -2.14. The van der Waals surface area contributed by atoms with E-state index in [-0.39, 0.29) is 5.75 Å². The van der Waals surface area contributed by atoms with Crippen LogP contribution >= 0.6 is 11.6 Å². The minimum absolute atomic E-state index is 0.0680. The number of hydrogen-bond acceptors (Lipinski definition) is 3. The first-order chi connectivity index (χ1) is 13.0. The third-order valence-corrected chi connectivity index (χ3v) is 3.94. The summed E-state index contributed by atoms with van der Waals surface area (Å²) in [7, 11) is 0. The van der Waals surface area contributed by atoms with E-state index in [1.165, 1.54) is 24.3 Å². The smallest absolute Gasteiger partial charge is 0.349 e. The number of halogens is 3. The quantitative estimate of drug-likeness (QED) is 0.501. The predicted molar refractivity (Wildman–Crippen MR) is 97.2 cm³/mol. The lowest BCUT2D eigenvalue weighted by atomic mass is 10.2. The predicted octanol–water partition coefficient (Wildman–Crippen LogP) is 5.09. The summed E-state index contributed by atoms with van der Waals surface area (Å²) in [6, 6.07) is 15.4. The Morgan fingerprint density at radius 1 is 0.852 bits per heavy atom. The van der Waals surface area contributed by atoms with Crippen LogP contribution in [-0.4, -0.2) is 11.9 Å². The van der Waals surface area contributed by atoms with Gasteiger partial charge in [-0.15, -0.1) is 0 Å². The van der Waals surface area contributed by atoms with E-state index in [1.54, 1.807) is 24.3 Å². The number of benzene rings is 3. The Labute approximate surface area is 158 Å². The molecule has 0 unspecified atom stereocenters. The van der Waals surface area contributed by atoms with Gasteiger partial charge in [0.1, 0.15) is 22.9 Å². The number of amides is 1. The summed E-state index contributed by atoms with van der Waals surface area (Å²) >= 11 is 5.97. The molecule has 0 atom stereocenters. The van der Waals surface area contributed by atoms with Crippen molar-refractivity contribution in [2.24, 2.45) is 0 Å². The molecule has 4 nitrogen and oxygen atoms in total. The Hall–Kier alpha value is -3.25. The zero-order valence-electron chi connectivity index (χ0n) is 13.7. The van der Waals surface area contributed by atoms with Crippen LogP contribution < -0.4 is 10.1 Å². The van der Waals surface area contributed by atoms with E-state index in [2.05, 4.69) is 5.32 Å². The molecule has 0 heterocycles. The molecule has 0 spiro atoms. The Bertz CT molecular complexity index is 986. The van der Waals surface area contributed by atoms with Crippen molar-refractivity contribution in [3.63, 3.8) is 0 Å². The van der Waals surface area contributed by atoms with Gasteiger partial charge in [-0.3, -0.25) is 4.79 Å². The second kappa shape index (κ2) is 7.97. The maximum atomic E-state index is 13.6. The second-order valence-electron chi connectivity index (χ2n) is 5.44. The van der Waals surface area contributed by atoms with Crippen LogP contribution in [0, 0.1) is 11.6 Å². The molecule has 0 aliphatic rings. The number of esters is 1. The fourth-order valence-corrected chi connectivity index (χ4v) is 2.52. The molecule has 0 aliphatic heterocycles. The number of ether oxygens (including phenoxy) is 1. The maximum absolute atomic E-state index is 13.6. The first-order valence-corrected chi connectivity index (χ1v) is 8.15. The fourth-order valence-electron chi connectivity index (χ4n) is 2.30. The molecule has 0 aliphatic carbocycles. The highest BCUT2D eigenvalue weighted by atomic mass is 35.5. The van der Waals surface area contributed by atoms with Crippen LogP contribution in [-0.2, 0) is 0 Å². The second-order valence-corrected chi connectivity index (χ2v) is 5.85. The molecule has 3 aromatic carbocycles. The van der Waals surface area contributed by atoms with Crippen LogP contribution in [0.15, 0.2) is 66.7 Å². The standard InChI is InChI=1S/C20H12ClF2NO3/c21-15-5-2-1-4-14(15)19(25)24-12-8-10-13(11-9-12)27-20(26)18-16(22)6-3-7-17(18)23/h1-11H,(H,24,25). The summed E-state index contributed by atoms with van der Waals surface area (Å²) < 4.78 is 32.2. The van der Waals surface area contributed by atoms with Gasteiger partial charge in [0.15, 0.2) is 0 Å². The number of hydrogen-bond donors (Lipinski definition) is 1. The maximum Gasteiger partial charge on any atom is 0.349 e. The van der Waals surface area contributed by atoms with E-state index in [4.69, 9.17) is 16.3 Å². The van der Waals surface area contributed by atoms with Crippen molar-refractivity contribution in [3.05, 3.63) is 94.5 Å². The largest absolute Gasteiger partial charge is 0.423 e. The Morgan fingerprint density at radius 2 is 1.48 bits per heavy atom. The number of nitrogens with one attached hydrogen (secondary N) is 1. The summed E-state index contributed by atoms with van der Waals surface area (Å²) in [5.41, 5.74) is -0.0323. The molecule has 0 bridgehead atoms. The molecule has 0 saturated carbocycles. The molecule has 0 saturated heterocycles. The monoisotopic (exact) mass is 387 g/mol. The van der Waals surface area contributed by atoms with Gasteiger partial charge in [-0.05, 0) is 48.5 Å². The fraction of sp³-hybridized carbons (Fsp3) is 0. The molecule has 27 heavy (non-hydrogen) atoms. The topological polar surface area (TPSA) is 55.4 Å². The summed E-state index contributed by atoms with van der Waals surface area (Å²) in [5.74, 6) is -3.51. The lowest BCUT2D eigenvalue weighted by molar-refractivity contribution is 0.0724. The summed E-state index contributed by atoms with van der Waals surface area (Å²) in [6.45, 7) is 0. The molecule has 3 aromatic rings. The molecular formula is C20H12ClF2NO3. The van der Waals surface area contributed by atoms with Crippen LogP contribution in [0.25, 0.3) is 0 Å². The van der Waals surface area contributed by atoms with E-state index in [0.29, 0.717) is 16.3 Å². The van der Waals surface area contributed by atoms with Crippen LogP contribution in [0.1, 0.15) is 20.7 Å². The first-order valence-electron chi connectivity index (χ1n) is 7.78. The Balaban J connectivity index is 1.70. The molecule has 0 radical (unpaired) electrons. The summed E-state index contributed by atoms with van der Waals surface area (Å²) in [6.07, 6.45) is 0. The van der Waals surface area contributed by atoms with Gasteiger partial charge >= 0.3 is 5.97 Å². The zero-order chi connectivity index (χ0) is 19.4. The number of rotatable bonds is 4. The van der Waals surface area contributed by atoms with Gasteiger partial charge in [-0.2, -0.15) is 0 Å². The van der Waals surface area contributed by atoms with Crippen molar-refractivity contribution in [3.8, 4) is 5.75 Å². The van der Waals surface area contributed by atoms with Crippen molar-refractivity contribution in [2.45, 2.75) is 0 Å². The summed E-state index contributed by atoms with van der Waals surface area (Å²) in [5, 5.41) is 2.96. The van der Waals surface area contributed by atoms with Crippen LogP contribution in [0.4, 0.5) is 14.5 Å². The lowest BCUT2D eigenvalue weighted by Gasteiger charge is -2.09. The number of carbonyl (C=O) groups is 2. The van der Waals surface area contributed by atoms with Crippen molar-refractivity contribution in [1.82, 2.24) is 0 Å². The van der Waals surface area contributed by atoms with Crippen molar-refractivity contribution in [1.29, 1.82) is 0 Å². The van der Waals surface area contributed by atoms with Gasteiger partial charge in [0.2, 0.25) is 0 Å². The van der Waals surface area contributed by atoms with Crippen LogP contribution in [0.2, 0.25) is 5.02 Å². The molecule has 0 fully saturated rings. The highest BCUT2D eigenvalue weighted by Crippen LogP contribution is 2.21. The molecular weight excluding hydrogens is 376 g/mol. The molecule has 0 aromatic heterocycles. The van der Waals surface area contributed by atoms with E-state index in [0.717, 1.165) is 18.2 Å². The first kappa shape index (κ1) is 18.5. The Kier molecular flexibility index (Phi) is 5.47. The van der Waals surface area contributed by atoms with Crippen molar-refractivity contribution >= 4 is 29.2 Å². The van der Waals surface area contributed by atoms with Crippen molar-refractivity contribution in [2.75, 3.05) is 5.32 Å². The van der Waals surface area contributed by atoms with Gasteiger partial charge in [-0.1, -0.05) is 29.8 Å². The van der Waals surface area contributed by atoms with E-state index in [1.807, 2.05) is 0 Å². The third kappa shape index (κ3) is 4.30.